The molecule has 1 aromatic rings. The Hall–Kier alpha value is -1.04. The summed E-state index contributed by atoms with van der Waals surface area (Å²) < 4.78 is 26.0. The summed E-state index contributed by atoms with van der Waals surface area (Å²) in [7, 11) is 3.74. The van der Waals surface area contributed by atoms with Gasteiger partial charge in [0.1, 0.15) is 11.6 Å². The van der Waals surface area contributed by atoms with Crippen LogP contribution in [0.15, 0.2) is 18.2 Å². The molecule has 0 aliphatic rings. The first-order valence-electron chi connectivity index (χ1n) is 5.82. The third kappa shape index (κ3) is 5.08. The van der Waals surface area contributed by atoms with Crippen molar-refractivity contribution in [3.8, 4) is 0 Å². The van der Waals surface area contributed by atoms with E-state index in [1.165, 1.54) is 12.1 Å². The van der Waals surface area contributed by atoms with Crippen molar-refractivity contribution in [1.82, 2.24) is 10.2 Å². The highest BCUT2D eigenvalue weighted by atomic mass is 19.1. The normalized spacial score (nSPS) is 14.8. The minimum Gasteiger partial charge on any atom is -0.388 e. The van der Waals surface area contributed by atoms with E-state index in [9.17, 15) is 13.9 Å². The molecule has 0 aliphatic heterocycles. The van der Waals surface area contributed by atoms with Crippen molar-refractivity contribution in [1.29, 1.82) is 0 Å². The summed E-state index contributed by atoms with van der Waals surface area (Å²) >= 11 is 0. The van der Waals surface area contributed by atoms with E-state index in [4.69, 9.17) is 0 Å². The Kier molecular flexibility index (Phi) is 5.19. The van der Waals surface area contributed by atoms with Crippen LogP contribution in [-0.4, -0.2) is 42.8 Å². The van der Waals surface area contributed by atoms with Crippen LogP contribution in [0.4, 0.5) is 8.78 Å². The Morgan fingerprint density at radius 1 is 1.33 bits per heavy atom. The predicted molar refractivity (Wildman–Crippen MR) is 67.2 cm³/mol. The van der Waals surface area contributed by atoms with Crippen LogP contribution in [0.3, 0.4) is 0 Å². The molecule has 102 valence electrons. The van der Waals surface area contributed by atoms with Crippen molar-refractivity contribution in [2.24, 2.45) is 0 Å². The topological polar surface area (TPSA) is 35.5 Å². The summed E-state index contributed by atoms with van der Waals surface area (Å²) in [5.74, 6) is -1.16. The van der Waals surface area contributed by atoms with Gasteiger partial charge in [-0.3, -0.25) is 0 Å². The highest BCUT2D eigenvalue weighted by Gasteiger charge is 2.20. The quantitative estimate of drug-likeness (QED) is 0.809. The average molecular weight is 258 g/mol. The van der Waals surface area contributed by atoms with Gasteiger partial charge >= 0.3 is 0 Å². The minimum atomic E-state index is -0.889. The highest BCUT2D eigenvalue weighted by Crippen LogP contribution is 2.10. The molecule has 0 amide bonds. The van der Waals surface area contributed by atoms with Crippen molar-refractivity contribution < 1.29 is 13.9 Å². The fourth-order valence-corrected chi connectivity index (χ4v) is 1.87. The Labute approximate surface area is 106 Å². The third-order valence-electron chi connectivity index (χ3n) is 2.49. The van der Waals surface area contributed by atoms with Crippen LogP contribution in [0.2, 0.25) is 0 Å². The number of benzene rings is 1. The lowest BCUT2D eigenvalue weighted by Crippen LogP contribution is -2.45. The first kappa shape index (κ1) is 15.0. The number of rotatable bonds is 6. The SMILES string of the molecule is CN(C)CC(C)(O)CNCc1ccc(F)cc1F. The predicted octanol–water partition coefficient (Wildman–Crippen LogP) is 1.37. The van der Waals surface area contributed by atoms with Gasteiger partial charge in [-0.1, -0.05) is 6.07 Å². The van der Waals surface area contributed by atoms with E-state index in [0.717, 1.165) is 6.07 Å². The first-order chi connectivity index (χ1) is 8.30. The third-order valence-corrected chi connectivity index (χ3v) is 2.49. The molecule has 0 heterocycles. The van der Waals surface area contributed by atoms with Gasteiger partial charge in [-0.2, -0.15) is 0 Å². The molecule has 0 bridgehead atoms. The second kappa shape index (κ2) is 6.22. The number of likely N-dealkylation sites (N-methyl/N-ethyl adjacent to an activating group) is 1. The number of hydrogen-bond acceptors (Lipinski definition) is 3. The van der Waals surface area contributed by atoms with Gasteiger partial charge in [0.25, 0.3) is 0 Å². The first-order valence-corrected chi connectivity index (χ1v) is 5.82. The van der Waals surface area contributed by atoms with E-state index in [1.54, 1.807) is 6.92 Å². The van der Waals surface area contributed by atoms with E-state index in [-0.39, 0.29) is 6.54 Å². The molecule has 0 saturated carbocycles. The highest BCUT2D eigenvalue weighted by molar-refractivity contribution is 5.18. The number of halogens is 2. The van der Waals surface area contributed by atoms with Crippen LogP contribution in [0.1, 0.15) is 12.5 Å². The second-order valence-corrected chi connectivity index (χ2v) is 5.07. The Balaban J connectivity index is 2.46. The van der Waals surface area contributed by atoms with Crippen LogP contribution in [-0.2, 0) is 6.54 Å². The number of hydrogen-bond donors (Lipinski definition) is 2. The van der Waals surface area contributed by atoms with Gasteiger partial charge < -0.3 is 15.3 Å². The lowest BCUT2D eigenvalue weighted by molar-refractivity contribution is 0.0335. The van der Waals surface area contributed by atoms with Crippen LogP contribution in [0, 0.1) is 11.6 Å². The molecule has 1 atom stereocenters. The van der Waals surface area contributed by atoms with Crippen molar-refractivity contribution in [3.05, 3.63) is 35.4 Å². The lowest BCUT2D eigenvalue weighted by Gasteiger charge is -2.27. The van der Waals surface area contributed by atoms with Crippen LogP contribution >= 0.6 is 0 Å². The number of nitrogens with zero attached hydrogens (tertiary/aromatic N) is 1. The monoisotopic (exact) mass is 258 g/mol. The van der Waals surface area contributed by atoms with Crippen molar-refractivity contribution in [3.63, 3.8) is 0 Å². The molecule has 2 N–H and O–H groups in total. The van der Waals surface area contributed by atoms with Crippen LogP contribution in [0.25, 0.3) is 0 Å². The zero-order valence-electron chi connectivity index (χ0n) is 11.0. The molecule has 18 heavy (non-hydrogen) atoms. The van der Waals surface area contributed by atoms with E-state index in [2.05, 4.69) is 5.32 Å². The fourth-order valence-electron chi connectivity index (χ4n) is 1.87. The molecule has 3 nitrogen and oxygen atoms in total. The lowest BCUT2D eigenvalue weighted by atomic mass is 10.1. The van der Waals surface area contributed by atoms with Crippen LogP contribution in [0.5, 0.6) is 0 Å². The molecule has 0 spiro atoms. The number of aliphatic hydroxyl groups is 1. The molecule has 1 unspecified atom stereocenters. The van der Waals surface area contributed by atoms with Gasteiger partial charge in [-0.15, -0.1) is 0 Å². The standard InChI is InChI=1S/C13H20F2N2O/c1-13(18,9-17(2)3)8-16-7-10-4-5-11(14)6-12(10)15/h4-6,16,18H,7-9H2,1-3H3. The molecule has 1 aromatic carbocycles. The van der Waals surface area contributed by atoms with E-state index in [1.807, 2.05) is 19.0 Å². The Bertz CT molecular complexity index is 395. The zero-order valence-corrected chi connectivity index (χ0v) is 11.0. The van der Waals surface area contributed by atoms with Crippen molar-refractivity contribution >= 4 is 0 Å². The Morgan fingerprint density at radius 3 is 2.56 bits per heavy atom. The summed E-state index contributed by atoms with van der Waals surface area (Å²) in [5.41, 5.74) is -0.503. The maximum atomic E-state index is 13.3. The van der Waals surface area contributed by atoms with E-state index >= 15 is 0 Å². The Morgan fingerprint density at radius 2 is 2.00 bits per heavy atom. The maximum absolute atomic E-state index is 13.3. The summed E-state index contributed by atoms with van der Waals surface area (Å²) in [4.78, 5) is 1.88. The molecule has 0 saturated heterocycles. The summed E-state index contributed by atoms with van der Waals surface area (Å²) in [6.07, 6.45) is 0. The molecule has 5 heteroatoms. The molecular formula is C13H20F2N2O. The second-order valence-electron chi connectivity index (χ2n) is 5.07. The van der Waals surface area contributed by atoms with Gasteiger partial charge in [-0.05, 0) is 27.1 Å². The van der Waals surface area contributed by atoms with E-state index in [0.29, 0.717) is 18.7 Å². The van der Waals surface area contributed by atoms with Gasteiger partial charge in [0.2, 0.25) is 0 Å². The average Bonchev–Trinajstić information content (AvgIpc) is 2.19. The largest absolute Gasteiger partial charge is 0.388 e. The summed E-state index contributed by atoms with van der Waals surface area (Å²) in [6, 6.07) is 3.48. The van der Waals surface area contributed by atoms with Crippen LogP contribution < -0.4 is 5.32 Å². The molecular weight excluding hydrogens is 238 g/mol. The molecule has 0 aromatic heterocycles. The van der Waals surface area contributed by atoms with E-state index < -0.39 is 17.2 Å². The smallest absolute Gasteiger partial charge is 0.130 e. The fraction of sp³-hybridized carbons (Fsp3) is 0.538. The van der Waals surface area contributed by atoms with Gasteiger partial charge in [-0.25, -0.2) is 8.78 Å². The van der Waals surface area contributed by atoms with Crippen molar-refractivity contribution in [2.75, 3.05) is 27.2 Å². The molecule has 1 rings (SSSR count). The number of nitrogens with one attached hydrogen (secondary N) is 1. The molecule has 0 fully saturated rings. The maximum Gasteiger partial charge on any atom is 0.130 e. The van der Waals surface area contributed by atoms with Gasteiger partial charge in [0, 0.05) is 31.3 Å². The zero-order chi connectivity index (χ0) is 13.8. The molecule has 0 radical (unpaired) electrons. The van der Waals surface area contributed by atoms with Gasteiger partial charge in [0.15, 0.2) is 0 Å². The summed E-state index contributed by atoms with van der Waals surface area (Å²) in [6.45, 7) is 2.81. The summed E-state index contributed by atoms with van der Waals surface area (Å²) in [5, 5.41) is 13.0. The van der Waals surface area contributed by atoms with Crippen molar-refractivity contribution in [2.45, 2.75) is 19.1 Å². The minimum absolute atomic E-state index is 0.260. The van der Waals surface area contributed by atoms with Gasteiger partial charge in [0.05, 0.1) is 5.60 Å². The molecule has 0 aliphatic carbocycles.